The Morgan fingerprint density at radius 2 is 1.39 bits per heavy atom. The Kier molecular flexibility index (Phi) is 4.55. The van der Waals surface area contributed by atoms with Gasteiger partial charge in [-0.3, -0.25) is 0 Å². The predicted octanol–water partition coefficient (Wildman–Crippen LogP) is 5.32. The quantitative estimate of drug-likeness (QED) is 0.687. The molecule has 1 saturated heterocycles. The Bertz CT molecular complexity index is 593. The van der Waals surface area contributed by atoms with Crippen LogP contribution < -0.4 is 0 Å². The average molecular weight is 318 g/mol. The Morgan fingerprint density at radius 1 is 0.957 bits per heavy atom. The molecule has 1 heterocycles. The van der Waals surface area contributed by atoms with Crippen LogP contribution in [0.1, 0.15) is 66.5 Å². The summed E-state index contributed by atoms with van der Waals surface area (Å²) >= 11 is 0. The minimum absolute atomic E-state index is 0.0837. The van der Waals surface area contributed by atoms with Crippen molar-refractivity contribution in [1.82, 2.24) is 0 Å². The highest BCUT2D eigenvalue weighted by atomic mass is 19.1. The topological polar surface area (TPSA) is 18.5 Å². The summed E-state index contributed by atoms with van der Waals surface area (Å²) in [6, 6.07) is 8.02. The summed E-state index contributed by atoms with van der Waals surface area (Å²) in [6.07, 6.45) is 0. The van der Waals surface area contributed by atoms with E-state index in [2.05, 4.69) is 32.9 Å². The lowest BCUT2D eigenvalue weighted by Crippen LogP contribution is -2.41. The molecule has 0 radical (unpaired) electrons. The van der Waals surface area contributed by atoms with Crippen molar-refractivity contribution >= 4 is 12.7 Å². The van der Waals surface area contributed by atoms with E-state index in [-0.39, 0.29) is 11.1 Å². The van der Waals surface area contributed by atoms with E-state index in [0.29, 0.717) is 5.57 Å². The third-order valence-electron chi connectivity index (χ3n) is 5.00. The third kappa shape index (κ3) is 3.53. The molecule has 0 spiro atoms. The zero-order chi connectivity index (χ0) is 17.6. The minimum Gasteiger partial charge on any atom is -0.398 e. The largest absolute Gasteiger partial charge is 0.525 e. The Labute approximate surface area is 140 Å². The van der Waals surface area contributed by atoms with Gasteiger partial charge in [-0.2, -0.15) is 0 Å². The van der Waals surface area contributed by atoms with Gasteiger partial charge in [-0.05, 0) is 56.7 Å². The molecule has 2 rings (SSSR count). The summed E-state index contributed by atoms with van der Waals surface area (Å²) in [5.74, 6) is 0. The maximum absolute atomic E-state index is 14.8. The molecule has 1 fully saturated rings. The lowest BCUT2D eigenvalue weighted by atomic mass is 9.82. The third-order valence-corrected chi connectivity index (χ3v) is 5.00. The van der Waals surface area contributed by atoms with Gasteiger partial charge in [-0.25, -0.2) is 4.39 Å². The SMILES string of the molecule is CC(=C(F)B1OC(C)(C)C(C)(C)O1)c1ccc(C(C)(C)C)cc1. The summed E-state index contributed by atoms with van der Waals surface area (Å²) in [6.45, 7) is 16.0. The lowest BCUT2D eigenvalue weighted by Gasteiger charge is -2.32. The fourth-order valence-electron chi connectivity index (χ4n) is 2.48. The zero-order valence-corrected chi connectivity index (χ0v) is 15.6. The molecular weight excluding hydrogens is 290 g/mol. The molecule has 126 valence electrons. The number of rotatable bonds is 2. The highest BCUT2D eigenvalue weighted by Gasteiger charge is 2.53. The molecule has 1 aromatic carbocycles. The monoisotopic (exact) mass is 318 g/mol. The molecule has 0 unspecified atom stereocenters. The molecule has 23 heavy (non-hydrogen) atoms. The van der Waals surface area contributed by atoms with Crippen LogP contribution >= 0.6 is 0 Å². The number of hydrogen-bond acceptors (Lipinski definition) is 2. The summed E-state index contributed by atoms with van der Waals surface area (Å²) in [4.78, 5) is 0. The van der Waals surface area contributed by atoms with Gasteiger partial charge in [0.05, 0.1) is 11.2 Å². The molecule has 0 aromatic heterocycles. The summed E-state index contributed by atoms with van der Waals surface area (Å²) in [5, 5.41) is 0. The van der Waals surface area contributed by atoms with Crippen molar-refractivity contribution in [2.24, 2.45) is 0 Å². The molecule has 0 amide bonds. The van der Waals surface area contributed by atoms with Crippen molar-refractivity contribution in [3.63, 3.8) is 0 Å². The zero-order valence-electron chi connectivity index (χ0n) is 15.6. The van der Waals surface area contributed by atoms with Gasteiger partial charge in [0.25, 0.3) is 0 Å². The van der Waals surface area contributed by atoms with Crippen molar-refractivity contribution in [2.75, 3.05) is 0 Å². The van der Waals surface area contributed by atoms with E-state index in [0.717, 1.165) is 5.56 Å². The lowest BCUT2D eigenvalue weighted by molar-refractivity contribution is 0.00578. The minimum atomic E-state index is -0.942. The van der Waals surface area contributed by atoms with Crippen LogP contribution in [0.3, 0.4) is 0 Å². The van der Waals surface area contributed by atoms with Gasteiger partial charge in [0.1, 0.15) is 5.73 Å². The second kappa shape index (κ2) is 5.75. The van der Waals surface area contributed by atoms with Crippen LogP contribution in [0.25, 0.3) is 5.57 Å². The maximum Gasteiger partial charge on any atom is 0.525 e. The van der Waals surface area contributed by atoms with Gasteiger partial charge in [-0.15, -0.1) is 0 Å². The van der Waals surface area contributed by atoms with E-state index in [4.69, 9.17) is 9.31 Å². The molecule has 1 aliphatic heterocycles. The second-order valence-electron chi connectivity index (χ2n) is 8.39. The van der Waals surface area contributed by atoms with Gasteiger partial charge in [0.15, 0.2) is 0 Å². The van der Waals surface area contributed by atoms with E-state index in [9.17, 15) is 4.39 Å². The van der Waals surface area contributed by atoms with Crippen molar-refractivity contribution in [1.29, 1.82) is 0 Å². The smallest absolute Gasteiger partial charge is 0.398 e. The number of hydrogen-bond donors (Lipinski definition) is 0. The van der Waals surface area contributed by atoms with Crippen LogP contribution in [0.15, 0.2) is 30.0 Å². The Balaban J connectivity index is 2.28. The summed E-state index contributed by atoms with van der Waals surface area (Å²) in [7, 11) is -0.942. The predicted molar refractivity (Wildman–Crippen MR) is 94.9 cm³/mol. The number of allylic oxidation sites excluding steroid dienone is 1. The van der Waals surface area contributed by atoms with Crippen molar-refractivity contribution in [2.45, 2.75) is 72.0 Å². The molecular formula is C19H28BFO2. The molecule has 0 atom stereocenters. The van der Waals surface area contributed by atoms with E-state index in [1.54, 1.807) is 6.92 Å². The fourth-order valence-corrected chi connectivity index (χ4v) is 2.48. The van der Waals surface area contributed by atoms with E-state index in [1.807, 2.05) is 39.8 Å². The van der Waals surface area contributed by atoms with E-state index >= 15 is 0 Å². The molecule has 1 aromatic rings. The van der Waals surface area contributed by atoms with Gasteiger partial charge in [0.2, 0.25) is 0 Å². The highest BCUT2D eigenvalue weighted by molar-refractivity contribution is 6.55. The second-order valence-corrected chi connectivity index (χ2v) is 8.39. The molecule has 0 aliphatic carbocycles. The first kappa shape index (κ1) is 18.2. The van der Waals surface area contributed by atoms with Crippen molar-refractivity contribution in [3.8, 4) is 0 Å². The fraction of sp³-hybridized carbons (Fsp3) is 0.579. The standard InChI is InChI=1S/C19H28BFO2/c1-13(14-9-11-15(12-10-14)17(2,3)4)16(21)20-22-18(5,6)19(7,8)23-20/h9-12H,1-8H3. The molecule has 4 heteroatoms. The van der Waals surface area contributed by atoms with Crippen molar-refractivity contribution < 1.29 is 13.7 Å². The van der Waals surface area contributed by atoms with Crippen LogP contribution in [0.4, 0.5) is 4.39 Å². The number of benzene rings is 1. The normalized spacial score (nSPS) is 21.3. The molecule has 0 N–H and O–H groups in total. The molecule has 2 nitrogen and oxygen atoms in total. The van der Waals surface area contributed by atoms with Crippen LogP contribution in [0.5, 0.6) is 0 Å². The van der Waals surface area contributed by atoms with Gasteiger partial charge in [0, 0.05) is 0 Å². The average Bonchev–Trinajstić information content (AvgIpc) is 2.65. The summed E-state index contributed by atoms with van der Waals surface area (Å²) < 4.78 is 26.4. The Morgan fingerprint density at radius 3 is 1.78 bits per heavy atom. The highest BCUT2D eigenvalue weighted by Crippen LogP contribution is 2.40. The van der Waals surface area contributed by atoms with E-state index < -0.39 is 18.3 Å². The summed E-state index contributed by atoms with van der Waals surface area (Å²) in [5.41, 5.74) is 1.29. The Hall–Kier alpha value is -1.13. The van der Waals surface area contributed by atoms with Crippen LogP contribution in [-0.4, -0.2) is 18.3 Å². The van der Waals surface area contributed by atoms with E-state index in [1.165, 1.54) is 5.56 Å². The van der Waals surface area contributed by atoms with Crippen LogP contribution in [0, 0.1) is 0 Å². The number of halogens is 1. The molecule has 0 bridgehead atoms. The van der Waals surface area contributed by atoms with Gasteiger partial charge >= 0.3 is 7.12 Å². The maximum atomic E-state index is 14.8. The first-order valence-electron chi connectivity index (χ1n) is 8.18. The van der Waals surface area contributed by atoms with Gasteiger partial charge in [-0.1, -0.05) is 45.0 Å². The first-order valence-corrected chi connectivity index (χ1v) is 8.18. The molecule has 0 saturated carbocycles. The van der Waals surface area contributed by atoms with Crippen LogP contribution in [-0.2, 0) is 14.7 Å². The van der Waals surface area contributed by atoms with Crippen molar-refractivity contribution in [3.05, 3.63) is 41.1 Å². The van der Waals surface area contributed by atoms with Crippen LogP contribution in [0.2, 0.25) is 0 Å². The molecule has 1 aliphatic rings. The van der Waals surface area contributed by atoms with Gasteiger partial charge < -0.3 is 9.31 Å². The first-order chi connectivity index (χ1) is 10.3.